The number of hydrogen-bond acceptors (Lipinski definition) is 4. The van der Waals surface area contributed by atoms with Gasteiger partial charge in [-0.2, -0.15) is 0 Å². The van der Waals surface area contributed by atoms with Crippen LogP contribution in [0.2, 0.25) is 0 Å². The minimum atomic E-state index is -0.600. The molecule has 4 heteroatoms. The highest BCUT2D eigenvalue weighted by Gasteiger charge is 2.52. The lowest BCUT2D eigenvalue weighted by Gasteiger charge is -2.51. The maximum atomic E-state index is 11.6. The van der Waals surface area contributed by atoms with Crippen molar-refractivity contribution < 1.29 is 19.7 Å². The molecule has 4 nitrogen and oxygen atoms in total. The van der Waals surface area contributed by atoms with Gasteiger partial charge in [0.15, 0.2) is 0 Å². The Kier molecular flexibility index (Phi) is 2.67. The van der Waals surface area contributed by atoms with E-state index >= 15 is 0 Å². The highest BCUT2D eigenvalue weighted by molar-refractivity contribution is 5.94. The molecule has 2 aliphatic carbocycles. The molecule has 1 fully saturated rings. The number of aliphatic hydroxyl groups is 2. The van der Waals surface area contributed by atoms with Crippen LogP contribution < -0.4 is 0 Å². The smallest absolute Gasteiger partial charge is 0.339 e. The third-order valence-electron chi connectivity index (χ3n) is 5.35. The van der Waals surface area contributed by atoms with E-state index in [2.05, 4.69) is 0 Å². The molecule has 1 heterocycles. The number of rotatable bonds is 0. The lowest BCUT2D eigenvalue weighted by Crippen LogP contribution is -2.52. The zero-order valence-electron chi connectivity index (χ0n) is 11.5. The second kappa shape index (κ2) is 3.93. The lowest BCUT2D eigenvalue weighted by molar-refractivity contribution is -0.133. The first-order valence-corrected chi connectivity index (χ1v) is 6.86. The van der Waals surface area contributed by atoms with E-state index in [-0.39, 0.29) is 17.8 Å². The van der Waals surface area contributed by atoms with E-state index in [0.29, 0.717) is 24.2 Å². The second-order valence-corrected chi connectivity index (χ2v) is 6.36. The van der Waals surface area contributed by atoms with Gasteiger partial charge in [0.05, 0.1) is 12.2 Å². The molecule has 1 saturated carbocycles. The van der Waals surface area contributed by atoms with Gasteiger partial charge in [-0.15, -0.1) is 0 Å². The molecule has 5 atom stereocenters. The van der Waals surface area contributed by atoms with Crippen LogP contribution in [0.1, 0.15) is 33.6 Å². The van der Waals surface area contributed by atoms with Crippen molar-refractivity contribution in [3.05, 3.63) is 23.0 Å². The number of hydrogen-bond donors (Lipinski definition) is 2. The average Bonchev–Trinajstić information content (AvgIpc) is 2.61. The van der Waals surface area contributed by atoms with Crippen LogP contribution in [0.25, 0.3) is 0 Å². The molecule has 0 saturated heterocycles. The van der Waals surface area contributed by atoms with E-state index in [4.69, 9.17) is 4.74 Å². The SMILES string of the molecule is CC1=C2C[C@@H]3[C@@H](C)[C@@H](O)C[C@@H](O)[C@@]3(C)C=C2OC1=O. The Bertz CT molecular complexity index is 504. The molecule has 0 bridgehead atoms. The van der Waals surface area contributed by atoms with E-state index in [1.165, 1.54) is 0 Å². The third kappa shape index (κ3) is 1.63. The number of aliphatic hydroxyl groups excluding tert-OH is 2. The molecule has 0 amide bonds. The van der Waals surface area contributed by atoms with Crippen molar-refractivity contribution in [2.24, 2.45) is 17.3 Å². The summed E-state index contributed by atoms with van der Waals surface area (Å²) in [5.41, 5.74) is 1.18. The van der Waals surface area contributed by atoms with Gasteiger partial charge in [-0.05, 0) is 31.3 Å². The Balaban J connectivity index is 2.09. The van der Waals surface area contributed by atoms with Crippen LogP contribution in [0.4, 0.5) is 0 Å². The molecular weight excluding hydrogens is 244 g/mol. The van der Waals surface area contributed by atoms with Gasteiger partial charge in [0.2, 0.25) is 0 Å². The molecule has 104 valence electrons. The summed E-state index contributed by atoms with van der Waals surface area (Å²) in [6, 6.07) is 0. The van der Waals surface area contributed by atoms with Gasteiger partial charge in [0, 0.05) is 23.0 Å². The fourth-order valence-electron chi connectivity index (χ4n) is 3.81. The number of esters is 1. The molecular formula is C15H20O4. The number of carbonyl (C=O) groups excluding carboxylic acids is 1. The number of ether oxygens (including phenoxy) is 1. The highest BCUT2D eigenvalue weighted by Crippen LogP contribution is 2.54. The summed E-state index contributed by atoms with van der Waals surface area (Å²) in [4.78, 5) is 11.6. The van der Waals surface area contributed by atoms with Crippen LogP contribution in [0, 0.1) is 17.3 Å². The lowest BCUT2D eigenvalue weighted by atomic mass is 9.56. The highest BCUT2D eigenvalue weighted by atomic mass is 16.5. The fourth-order valence-corrected chi connectivity index (χ4v) is 3.81. The fraction of sp³-hybridized carbons (Fsp3) is 0.667. The van der Waals surface area contributed by atoms with Crippen molar-refractivity contribution >= 4 is 5.97 Å². The van der Waals surface area contributed by atoms with E-state index < -0.39 is 17.6 Å². The van der Waals surface area contributed by atoms with Crippen molar-refractivity contribution in [3.63, 3.8) is 0 Å². The Morgan fingerprint density at radius 2 is 2.11 bits per heavy atom. The van der Waals surface area contributed by atoms with Crippen molar-refractivity contribution in [2.45, 2.75) is 45.8 Å². The average molecular weight is 264 g/mol. The van der Waals surface area contributed by atoms with Gasteiger partial charge in [0.1, 0.15) is 5.76 Å². The largest absolute Gasteiger partial charge is 0.423 e. The first-order valence-electron chi connectivity index (χ1n) is 6.86. The van der Waals surface area contributed by atoms with E-state index in [0.717, 1.165) is 5.57 Å². The standard InChI is InChI=1S/C15H20O4/c1-7-9-4-10-8(2)11(16)5-13(17)15(10,3)6-12(9)19-14(7)18/h6,8,10-11,13,16-17H,4-5H2,1-3H3/t8-,10-,11+,13-,15+/m1/s1. The first kappa shape index (κ1) is 12.9. The Morgan fingerprint density at radius 1 is 1.42 bits per heavy atom. The summed E-state index contributed by atoms with van der Waals surface area (Å²) in [5, 5.41) is 20.4. The van der Waals surface area contributed by atoms with Crippen molar-refractivity contribution in [1.29, 1.82) is 0 Å². The van der Waals surface area contributed by atoms with Crippen LogP contribution in [-0.4, -0.2) is 28.4 Å². The summed E-state index contributed by atoms with van der Waals surface area (Å²) in [6.07, 6.45) is 1.89. The normalized spacial score (nSPS) is 45.5. The Labute approximate surface area is 112 Å². The van der Waals surface area contributed by atoms with Crippen LogP contribution in [0.5, 0.6) is 0 Å². The van der Waals surface area contributed by atoms with Gasteiger partial charge >= 0.3 is 5.97 Å². The molecule has 19 heavy (non-hydrogen) atoms. The summed E-state index contributed by atoms with van der Waals surface area (Å²) in [5.74, 6) is 0.562. The van der Waals surface area contributed by atoms with Crippen molar-refractivity contribution in [2.75, 3.05) is 0 Å². The monoisotopic (exact) mass is 264 g/mol. The van der Waals surface area contributed by atoms with Crippen molar-refractivity contribution in [1.82, 2.24) is 0 Å². The maximum Gasteiger partial charge on any atom is 0.339 e. The van der Waals surface area contributed by atoms with Gasteiger partial charge in [-0.1, -0.05) is 13.8 Å². The molecule has 1 aliphatic heterocycles. The predicted octanol–water partition coefficient (Wildman–Crippen LogP) is 1.53. The molecule has 3 aliphatic rings. The maximum absolute atomic E-state index is 11.6. The molecule has 0 aromatic carbocycles. The van der Waals surface area contributed by atoms with Gasteiger partial charge < -0.3 is 14.9 Å². The predicted molar refractivity (Wildman–Crippen MR) is 68.9 cm³/mol. The van der Waals surface area contributed by atoms with Gasteiger partial charge in [-0.25, -0.2) is 4.79 Å². The molecule has 3 rings (SSSR count). The first-order chi connectivity index (χ1) is 8.84. The van der Waals surface area contributed by atoms with Gasteiger partial charge in [0.25, 0.3) is 0 Å². The van der Waals surface area contributed by atoms with Crippen molar-refractivity contribution in [3.8, 4) is 0 Å². The number of fused-ring (bicyclic) bond motifs is 2. The minimum Gasteiger partial charge on any atom is -0.423 e. The minimum absolute atomic E-state index is 0.0993. The number of carbonyl (C=O) groups is 1. The number of allylic oxidation sites excluding steroid dienone is 1. The quantitative estimate of drug-likeness (QED) is 0.651. The van der Waals surface area contributed by atoms with Gasteiger partial charge in [-0.3, -0.25) is 0 Å². The summed E-state index contributed by atoms with van der Waals surface area (Å²) in [7, 11) is 0. The third-order valence-corrected chi connectivity index (χ3v) is 5.35. The molecule has 0 aromatic rings. The van der Waals surface area contributed by atoms with E-state index in [9.17, 15) is 15.0 Å². The zero-order chi connectivity index (χ0) is 13.9. The van der Waals surface area contributed by atoms with Crippen LogP contribution in [0.3, 0.4) is 0 Å². The summed E-state index contributed by atoms with van der Waals surface area (Å²) < 4.78 is 5.28. The molecule has 0 spiro atoms. The van der Waals surface area contributed by atoms with Crippen LogP contribution >= 0.6 is 0 Å². The van der Waals surface area contributed by atoms with E-state index in [1.807, 2.05) is 19.9 Å². The summed E-state index contributed by atoms with van der Waals surface area (Å²) in [6.45, 7) is 5.79. The molecule has 0 radical (unpaired) electrons. The molecule has 2 N–H and O–H groups in total. The Morgan fingerprint density at radius 3 is 2.79 bits per heavy atom. The van der Waals surface area contributed by atoms with E-state index in [1.54, 1.807) is 6.92 Å². The topological polar surface area (TPSA) is 66.8 Å². The zero-order valence-corrected chi connectivity index (χ0v) is 11.5. The van der Waals surface area contributed by atoms with Crippen LogP contribution in [0.15, 0.2) is 23.0 Å². The summed E-state index contributed by atoms with van der Waals surface area (Å²) >= 11 is 0. The molecule has 0 aromatic heterocycles. The second-order valence-electron chi connectivity index (χ2n) is 6.36. The molecule has 0 unspecified atom stereocenters. The Hall–Kier alpha value is -1.13. The van der Waals surface area contributed by atoms with Crippen LogP contribution in [-0.2, 0) is 9.53 Å².